The number of hydrogen-bond acceptors (Lipinski definition) is 4. The van der Waals surface area contributed by atoms with Gasteiger partial charge in [0.15, 0.2) is 0 Å². The van der Waals surface area contributed by atoms with Crippen molar-refractivity contribution in [1.82, 2.24) is 23.7 Å². The molecule has 0 spiro atoms. The number of nitrogens with zero attached hydrogens (tertiary/aromatic N) is 5. The van der Waals surface area contributed by atoms with Gasteiger partial charge in [-0.05, 0) is 62.6 Å². The molecule has 0 fully saturated rings. The van der Waals surface area contributed by atoms with Crippen molar-refractivity contribution in [1.29, 1.82) is 0 Å². The zero-order chi connectivity index (χ0) is 36.2. The third-order valence-corrected chi connectivity index (χ3v) is 7.64. The molecule has 2 aromatic carbocycles. The van der Waals surface area contributed by atoms with Crippen LogP contribution in [0.25, 0.3) is 33.8 Å². The van der Waals surface area contributed by atoms with Crippen molar-refractivity contribution in [2.75, 3.05) is 14.1 Å². The quantitative estimate of drug-likeness (QED) is 0.127. The van der Waals surface area contributed by atoms with Crippen LogP contribution >= 0.6 is 86.1 Å². The Morgan fingerprint density at radius 1 is 0.653 bits per heavy atom. The minimum absolute atomic E-state index is 0.0710. The van der Waals surface area contributed by atoms with Crippen molar-refractivity contribution in [3.63, 3.8) is 0 Å². The summed E-state index contributed by atoms with van der Waals surface area (Å²) in [5.41, 5.74) is 11.8. The average molecular weight is 1240 g/mol. The van der Waals surface area contributed by atoms with Crippen LogP contribution in [-0.2, 0) is 22.4 Å². The molecule has 0 saturated carbocycles. The van der Waals surface area contributed by atoms with Gasteiger partial charge in [-0.15, -0.1) is 0 Å². The molecule has 0 aliphatic carbocycles. The topological polar surface area (TPSA) is 72.0 Å². The molecule has 0 N–H and O–H groups in total. The molecule has 4 heterocycles. The fourth-order valence-electron chi connectivity index (χ4n) is 5.06. The zero-order valence-corrected chi connectivity index (χ0v) is 39.4. The number of aromatic nitrogens is 4. The van der Waals surface area contributed by atoms with E-state index in [1.165, 1.54) is 11.1 Å². The van der Waals surface area contributed by atoms with Crippen LogP contribution in [0.2, 0.25) is 0 Å². The molecule has 6 aromatic rings. The van der Waals surface area contributed by atoms with E-state index in [-0.39, 0.29) is 17.6 Å². The van der Waals surface area contributed by atoms with Crippen LogP contribution in [0.4, 0.5) is 0 Å². The van der Waals surface area contributed by atoms with Gasteiger partial charge in [0, 0.05) is 74.8 Å². The molecule has 13 heteroatoms. The van der Waals surface area contributed by atoms with Gasteiger partial charge in [-0.3, -0.25) is 9.59 Å². The number of benzene rings is 2. The molecular formula is C36H36ClI5N5O2-. The van der Waals surface area contributed by atoms with Gasteiger partial charge in [-0.1, -0.05) is 71.8 Å². The summed E-state index contributed by atoms with van der Waals surface area (Å²) in [6.45, 7) is 8.16. The van der Waals surface area contributed by atoms with E-state index >= 15 is 0 Å². The Morgan fingerprint density at radius 3 is 1.35 bits per heavy atom. The monoisotopic (exact) mass is 1240 g/mol. The molecule has 1 amide bonds. The fourth-order valence-corrected chi connectivity index (χ4v) is 5.18. The summed E-state index contributed by atoms with van der Waals surface area (Å²) < 4.78 is 3.98. The third kappa shape index (κ3) is 12.0. The van der Waals surface area contributed by atoms with Gasteiger partial charge in [0.1, 0.15) is 11.3 Å². The first-order valence-corrected chi connectivity index (χ1v) is 34.1. The second kappa shape index (κ2) is 20.8. The van der Waals surface area contributed by atoms with E-state index in [1.807, 2.05) is 90.5 Å². The Hall–Kier alpha value is -1.10. The summed E-state index contributed by atoms with van der Waals surface area (Å²) in [5, 5.41) is -0.383. The molecule has 0 unspecified atom stereocenters. The molecule has 0 aliphatic heterocycles. The molecule has 4 aromatic heterocycles. The first-order chi connectivity index (χ1) is 23.4. The Morgan fingerprint density at radius 2 is 1.00 bits per heavy atom. The molecule has 260 valence electrons. The van der Waals surface area contributed by atoms with Crippen LogP contribution < -0.4 is 13.3 Å². The van der Waals surface area contributed by atoms with Gasteiger partial charge in [-0.2, -0.15) is 0 Å². The number of aryl methyl sites for hydroxylation is 4. The molecule has 7 nitrogen and oxygen atoms in total. The second-order valence-corrected chi connectivity index (χ2v) is 28.1. The van der Waals surface area contributed by atoms with Crippen molar-refractivity contribution in [2.45, 2.75) is 40.5 Å². The fraction of sp³-hybridized carbons (Fsp3) is 0.222. The standard InChI is InChI=1S/C19H21N3O.C17H15ClN2O.I3.I2/c1-13-5-8-15(9-6-13)19-16(11-18(23)21(3)4)22-12-14(2)7-10-17(22)20-19;1-11-3-6-13(7-4-11)17-14(9-15(18)21)20-10-12(2)5-8-16(20)19-17;1-3-2;1-2/h5-10,12H,11H2,1-4H3;3-8,10H,9H2,1-2H3;;/q;;-1;. The number of hydrogen-bond donors (Lipinski definition) is 0. The van der Waals surface area contributed by atoms with Crippen LogP contribution in [0.5, 0.6) is 0 Å². The maximum absolute atomic E-state index is 12.3. The molecule has 6 rings (SSSR count). The van der Waals surface area contributed by atoms with Crippen LogP contribution in [0.15, 0.2) is 85.2 Å². The summed E-state index contributed by atoms with van der Waals surface area (Å²) in [6.07, 6.45) is 4.52. The second-order valence-electron chi connectivity index (χ2n) is 11.5. The van der Waals surface area contributed by atoms with Gasteiger partial charge in [-0.25, -0.2) is 9.97 Å². The Kier molecular flexibility index (Phi) is 18.0. The maximum atomic E-state index is 12.3. The van der Waals surface area contributed by atoms with E-state index in [2.05, 4.69) is 111 Å². The van der Waals surface area contributed by atoms with Gasteiger partial charge < -0.3 is 13.7 Å². The number of amides is 1. The van der Waals surface area contributed by atoms with Crippen LogP contribution in [0.1, 0.15) is 33.6 Å². The molecule has 0 atom stereocenters. The molecular weight excluding hydrogens is 1200 g/mol. The number of carbonyl (C=O) groups is 2. The van der Waals surface area contributed by atoms with Gasteiger partial charge in [0.2, 0.25) is 11.1 Å². The first kappa shape index (κ1) is 42.3. The average Bonchev–Trinajstić information content (AvgIpc) is 3.60. The first-order valence-electron chi connectivity index (χ1n) is 14.9. The zero-order valence-electron chi connectivity index (χ0n) is 27.8. The minimum atomic E-state index is -0.383. The van der Waals surface area contributed by atoms with E-state index in [1.54, 1.807) is 19.0 Å². The Bertz CT molecular complexity index is 2010. The predicted molar refractivity (Wildman–Crippen MR) is 233 cm³/mol. The number of halogens is 6. The number of pyridine rings is 2. The summed E-state index contributed by atoms with van der Waals surface area (Å²) >= 11 is 15.2. The molecule has 0 aliphatic rings. The SMILES string of the molecule is Cc1ccc(-c2nc3ccc(C)cn3c2CC(=O)Cl)cc1.Cc1ccc(-c2nc3ccc(C)cn3c2CC(=O)N(C)C)cc1.II.I[I-]I. The summed E-state index contributed by atoms with van der Waals surface area (Å²) in [4.78, 5) is 34.7. The van der Waals surface area contributed by atoms with Crippen LogP contribution in [-0.4, -0.2) is 48.9 Å². The van der Waals surface area contributed by atoms with Crippen molar-refractivity contribution in [3.8, 4) is 22.5 Å². The van der Waals surface area contributed by atoms with E-state index in [0.717, 1.165) is 56.3 Å². The Labute approximate surface area is 346 Å². The summed E-state index contributed by atoms with van der Waals surface area (Å²) in [5.74, 6) is 0.0710. The molecule has 0 bridgehead atoms. The predicted octanol–water partition coefficient (Wildman–Crippen LogP) is 7.72. The summed E-state index contributed by atoms with van der Waals surface area (Å²) in [6, 6.07) is 24.4. The van der Waals surface area contributed by atoms with Gasteiger partial charge in [0.25, 0.3) is 0 Å². The summed E-state index contributed by atoms with van der Waals surface area (Å²) in [7, 11) is 3.56. The number of likely N-dealkylation sites (N-methyl/N-ethyl adjacent to an activating group) is 1. The molecule has 0 radical (unpaired) electrons. The normalized spacial score (nSPS) is 10.4. The number of fused-ring (bicyclic) bond motifs is 2. The van der Waals surface area contributed by atoms with Crippen LogP contribution in [0.3, 0.4) is 0 Å². The number of carbonyl (C=O) groups excluding carboxylic acids is 2. The van der Waals surface area contributed by atoms with Crippen LogP contribution in [0, 0.1) is 27.7 Å². The van der Waals surface area contributed by atoms with E-state index in [0.29, 0.717) is 19.7 Å². The van der Waals surface area contributed by atoms with Gasteiger partial charge >= 0.3 is 50.5 Å². The van der Waals surface area contributed by atoms with E-state index < -0.39 is 0 Å². The number of rotatable bonds is 6. The molecule has 0 saturated heterocycles. The van der Waals surface area contributed by atoms with Crippen molar-refractivity contribution in [3.05, 3.63) is 119 Å². The van der Waals surface area contributed by atoms with Crippen molar-refractivity contribution >= 4 is 109 Å². The van der Waals surface area contributed by atoms with Crippen molar-refractivity contribution < 1.29 is 22.8 Å². The Balaban J connectivity index is 0.000000236. The number of imidazole rings is 2. The van der Waals surface area contributed by atoms with E-state index in [9.17, 15) is 9.59 Å². The third-order valence-electron chi connectivity index (χ3n) is 7.50. The van der Waals surface area contributed by atoms with Crippen molar-refractivity contribution in [2.24, 2.45) is 0 Å². The van der Waals surface area contributed by atoms with Gasteiger partial charge in [0.05, 0.1) is 35.6 Å². The molecule has 49 heavy (non-hydrogen) atoms. The van der Waals surface area contributed by atoms with E-state index in [4.69, 9.17) is 16.6 Å².